The Bertz CT molecular complexity index is 1930. The molecule has 3 aromatic carbocycles. The highest BCUT2D eigenvalue weighted by Crippen LogP contribution is 2.30. The maximum Gasteiger partial charge on any atom is 0.333 e. The van der Waals surface area contributed by atoms with Crippen molar-refractivity contribution in [2.24, 2.45) is 0 Å². The van der Waals surface area contributed by atoms with E-state index in [9.17, 15) is 14.4 Å². The smallest absolute Gasteiger partial charge is 0.333 e. The zero-order chi connectivity index (χ0) is 31.8. The highest BCUT2D eigenvalue weighted by Gasteiger charge is 2.35. The minimum absolute atomic E-state index is 0.0965. The number of Topliss-reactive ketones (excluding diaryl/α,β-unsaturated/α-hetero) is 1. The second kappa shape index (κ2) is 12.5. The van der Waals surface area contributed by atoms with Crippen molar-refractivity contribution in [1.82, 2.24) is 23.8 Å². The molecule has 45 heavy (non-hydrogen) atoms. The van der Waals surface area contributed by atoms with Crippen LogP contribution in [-0.2, 0) is 13.1 Å². The molecule has 0 unspecified atom stereocenters. The van der Waals surface area contributed by atoms with Crippen LogP contribution in [0.3, 0.4) is 0 Å². The Morgan fingerprint density at radius 2 is 1.78 bits per heavy atom. The van der Waals surface area contributed by atoms with Gasteiger partial charge in [0.05, 0.1) is 35.7 Å². The summed E-state index contributed by atoms with van der Waals surface area (Å²) in [6.45, 7) is 4.23. The number of amides is 1. The predicted molar refractivity (Wildman–Crippen MR) is 176 cm³/mol. The molecule has 3 heterocycles. The number of hydrogen-bond acceptors (Lipinski definition) is 5. The Labute approximate surface area is 273 Å². The number of methoxy groups -OCH3 is 1. The van der Waals surface area contributed by atoms with Gasteiger partial charge in [-0.3, -0.25) is 18.7 Å². The third kappa shape index (κ3) is 5.87. The van der Waals surface area contributed by atoms with E-state index in [2.05, 4.69) is 21.0 Å². The highest BCUT2D eigenvalue weighted by atomic mass is 79.9. The van der Waals surface area contributed by atoms with E-state index in [1.165, 1.54) is 4.57 Å². The van der Waals surface area contributed by atoms with Crippen molar-refractivity contribution in [3.8, 4) is 17.1 Å². The van der Waals surface area contributed by atoms with Crippen molar-refractivity contribution < 1.29 is 14.3 Å². The monoisotopic (exact) mass is 687 g/mol. The third-order valence-electron chi connectivity index (χ3n) is 8.29. The number of ether oxygens (including phenoxy) is 1. The first-order valence-corrected chi connectivity index (χ1v) is 15.7. The second-order valence-corrected chi connectivity index (χ2v) is 12.5. The summed E-state index contributed by atoms with van der Waals surface area (Å²) in [5, 5.41) is 4.71. The molecule has 0 saturated carbocycles. The van der Waals surface area contributed by atoms with E-state index in [4.69, 9.17) is 16.3 Å². The van der Waals surface area contributed by atoms with Gasteiger partial charge in [-0.1, -0.05) is 30.7 Å². The zero-order valence-corrected chi connectivity index (χ0v) is 27.3. The van der Waals surface area contributed by atoms with Crippen LogP contribution in [0.4, 0.5) is 0 Å². The van der Waals surface area contributed by atoms with Gasteiger partial charge in [0, 0.05) is 41.4 Å². The number of benzene rings is 3. The van der Waals surface area contributed by atoms with Crippen LogP contribution in [0.15, 0.2) is 94.5 Å². The maximum absolute atomic E-state index is 14.3. The maximum atomic E-state index is 14.3. The molecule has 1 aliphatic rings. The molecule has 11 heteroatoms. The molecule has 0 bridgehead atoms. The van der Waals surface area contributed by atoms with E-state index in [1.54, 1.807) is 45.7 Å². The number of rotatable bonds is 8. The van der Waals surface area contributed by atoms with E-state index in [0.29, 0.717) is 26.4 Å². The molecule has 0 aliphatic carbocycles. The Balaban J connectivity index is 1.41. The standard InChI is InChI=1S/C34H31BrClN5O4/c1-21(23-5-12-27(45-3)13-6-23)17-31(42)32-30-20-38(33(43)24-7-14-28(35)29(36)18-24)22(2)19-39(30)34(44)41(32)26-10-8-25(9-11-26)40-16-4-15-37-40/h4-16,18,21-22H,17,19-20H2,1-3H3/t21-,22-/m1/s1. The van der Waals surface area contributed by atoms with Crippen LogP contribution >= 0.6 is 27.5 Å². The summed E-state index contributed by atoms with van der Waals surface area (Å²) in [4.78, 5) is 43.8. The van der Waals surface area contributed by atoms with Gasteiger partial charge in [0.25, 0.3) is 5.91 Å². The molecule has 1 amide bonds. The number of ketones is 1. The van der Waals surface area contributed by atoms with E-state index < -0.39 is 0 Å². The predicted octanol–water partition coefficient (Wildman–Crippen LogP) is 6.67. The molecule has 0 spiro atoms. The van der Waals surface area contributed by atoms with Gasteiger partial charge in [0.15, 0.2) is 5.78 Å². The summed E-state index contributed by atoms with van der Waals surface area (Å²) in [7, 11) is 1.61. The van der Waals surface area contributed by atoms with Crippen LogP contribution in [-0.4, -0.2) is 48.7 Å². The first-order chi connectivity index (χ1) is 21.7. The van der Waals surface area contributed by atoms with Crippen LogP contribution in [0, 0.1) is 0 Å². The molecule has 2 atom stereocenters. The number of aromatic nitrogens is 4. The molecule has 5 aromatic rings. The molecule has 0 fully saturated rings. The highest BCUT2D eigenvalue weighted by molar-refractivity contribution is 9.10. The Morgan fingerprint density at radius 1 is 1.07 bits per heavy atom. The van der Waals surface area contributed by atoms with Gasteiger partial charge in [-0.25, -0.2) is 9.48 Å². The molecular formula is C34H31BrClN5O4. The topological polar surface area (TPSA) is 91.4 Å². The Kier molecular flexibility index (Phi) is 8.52. The van der Waals surface area contributed by atoms with Crippen LogP contribution in [0.2, 0.25) is 5.02 Å². The summed E-state index contributed by atoms with van der Waals surface area (Å²) < 4.78 is 10.8. The van der Waals surface area contributed by atoms with Crippen molar-refractivity contribution >= 4 is 39.2 Å². The average molecular weight is 689 g/mol. The van der Waals surface area contributed by atoms with Crippen molar-refractivity contribution in [2.75, 3.05) is 7.11 Å². The molecule has 0 N–H and O–H groups in total. The summed E-state index contributed by atoms with van der Waals surface area (Å²) in [5.41, 5.74) is 3.27. The molecule has 6 rings (SSSR count). The van der Waals surface area contributed by atoms with E-state index >= 15 is 0 Å². The van der Waals surface area contributed by atoms with Crippen LogP contribution in [0.5, 0.6) is 5.75 Å². The van der Waals surface area contributed by atoms with Crippen molar-refractivity contribution in [3.05, 3.63) is 128 Å². The minimum Gasteiger partial charge on any atom is -0.497 e. The summed E-state index contributed by atoms with van der Waals surface area (Å²) in [6.07, 6.45) is 3.69. The number of imidazole rings is 1. The third-order valence-corrected chi connectivity index (χ3v) is 9.52. The number of hydrogen-bond donors (Lipinski definition) is 0. The Morgan fingerprint density at radius 3 is 2.42 bits per heavy atom. The zero-order valence-electron chi connectivity index (χ0n) is 25.0. The summed E-state index contributed by atoms with van der Waals surface area (Å²) >= 11 is 9.69. The first kappa shape index (κ1) is 30.6. The van der Waals surface area contributed by atoms with Gasteiger partial charge in [0.2, 0.25) is 0 Å². The number of carbonyl (C=O) groups excluding carboxylic acids is 2. The van der Waals surface area contributed by atoms with Crippen molar-refractivity contribution in [2.45, 2.75) is 45.3 Å². The molecule has 0 radical (unpaired) electrons. The fourth-order valence-corrected chi connectivity index (χ4v) is 6.24. The minimum atomic E-state index is -0.317. The quantitative estimate of drug-likeness (QED) is 0.170. The first-order valence-electron chi connectivity index (χ1n) is 14.5. The SMILES string of the molecule is COc1ccc([C@H](C)CC(=O)c2c3n(c(=O)n2-c2ccc(-n4cccn4)cc2)C[C@@H](C)N(C(=O)c2ccc(Br)c(Cl)c2)C3)cc1. The molecular weight excluding hydrogens is 658 g/mol. The lowest BCUT2D eigenvalue weighted by atomic mass is 9.94. The second-order valence-electron chi connectivity index (χ2n) is 11.2. The lowest BCUT2D eigenvalue weighted by Gasteiger charge is -2.34. The molecule has 9 nitrogen and oxygen atoms in total. The van der Waals surface area contributed by atoms with E-state index in [1.807, 2.05) is 74.6 Å². The average Bonchev–Trinajstić information content (AvgIpc) is 3.68. The number of carbonyl (C=O) groups is 2. The fraction of sp³-hybridized carbons (Fsp3) is 0.235. The van der Waals surface area contributed by atoms with Crippen LogP contribution in [0.1, 0.15) is 58.3 Å². The van der Waals surface area contributed by atoms with Gasteiger partial charge < -0.3 is 9.64 Å². The summed E-state index contributed by atoms with van der Waals surface area (Å²) in [6, 6.07) is 21.6. The number of nitrogens with zero attached hydrogens (tertiary/aromatic N) is 5. The summed E-state index contributed by atoms with van der Waals surface area (Å²) in [5.74, 6) is 0.192. The van der Waals surface area contributed by atoms with Crippen molar-refractivity contribution in [3.63, 3.8) is 0 Å². The van der Waals surface area contributed by atoms with Gasteiger partial charge in [-0.2, -0.15) is 5.10 Å². The molecule has 0 saturated heterocycles. The largest absolute Gasteiger partial charge is 0.497 e. The van der Waals surface area contributed by atoms with Crippen LogP contribution in [0.25, 0.3) is 11.4 Å². The van der Waals surface area contributed by atoms with Crippen molar-refractivity contribution in [1.29, 1.82) is 0 Å². The normalized spacial score (nSPS) is 15.0. The Hall–Kier alpha value is -4.41. The number of halogens is 2. The molecule has 2 aromatic heterocycles. The van der Waals surface area contributed by atoms with E-state index in [-0.39, 0.29) is 54.5 Å². The van der Waals surface area contributed by atoms with Gasteiger partial charge in [-0.05, 0) is 95.0 Å². The lowest BCUT2D eigenvalue weighted by Crippen LogP contribution is -2.46. The van der Waals surface area contributed by atoms with Gasteiger partial charge in [-0.15, -0.1) is 0 Å². The van der Waals surface area contributed by atoms with Gasteiger partial charge in [0.1, 0.15) is 11.4 Å². The van der Waals surface area contributed by atoms with Gasteiger partial charge >= 0.3 is 5.69 Å². The number of fused-ring (bicyclic) bond motifs is 1. The van der Waals surface area contributed by atoms with E-state index in [0.717, 1.165) is 17.0 Å². The molecule has 1 aliphatic heterocycles. The lowest BCUT2D eigenvalue weighted by molar-refractivity contribution is 0.0610. The molecule has 230 valence electrons. The fourth-order valence-electron chi connectivity index (χ4n) is 5.81. The van der Waals surface area contributed by atoms with Crippen LogP contribution < -0.4 is 10.4 Å².